The number of aromatic nitrogens is 1. The number of esters is 1. The molecule has 5 heteroatoms. The van der Waals surface area contributed by atoms with Crippen molar-refractivity contribution in [2.24, 2.45) is 0 Å². The Bertz CT molecular complexity index is 1170. The molecule has 0 unspecified atom stereocenters. The smallest absolute Gasteiger partial charge is 0.342 e. The summed E-state index contributed by atoms with van der Waals surface area (Å²) >= 11 is 0. The van der Waals surface area contributed by atoms with Crippen LogP contribution in [0.3, 0.4) is 0 Å². The molecule has 1 aromatic heterocycles. The highest BCUT2D eigenvalue weighted by molar-refractivity contribution is 7.97. The first kappa shape index (κ1) is 21.5. The largest absolute Gasteiger partial charge is 0.465 e. The number of rotatable bonds is 6. The number of ketones is 1. The molecule has 0 saturated heterocycles. The molecule has 0 radical (unpaired) electrons. The maximum Gasteiger partial charge on any atom is 0.342 e. The van der Waals surface area contributed by atoms with E-state index in [2.05, 4.69) is 4.98 Å². The van der Waals surface area contributed by atoms with Gasteiger partial charge < -0.3 is 4.74 Å². The predicted octanol–water partition coefficient (Wildman–Crippen LogP) is 3.60. The van der Waals surface area contributed by atoms with Crippen molar-refractivity contribution in [3.63, 3.8) is 0 Å². The summed E-state index contributed by atoms with van der Waals surface area (Å²) in [6, 6.07) is 32.6. The van der Waals surface area contributed by atoms with Crippen molar-refractivity contribution in [2.45, 2.75) is 0 Å². The Balaban J connectivity index is 2.27. The average molecular weight is 439 g/mol. The van der Waals surface area contributed by atoms with Gasteiger partial charge in [-0.2, -0.15) is 0 Å². The zero-order valence-electron chi connectivity index (χ0n) is 17.6. The van der Waals surface area contributed by atoms with Crippen LogP contribution >= 0.6 is 6.89 Å². The number of hydrogen-bond donors (Lipinski definition) is 0. The van der Waals surface area contributed by atoms with E-state index in [-0.39, 0.29) is 11.1 Å². The number of carbonyl (C=O) groups is 2. The van der Waals surface area contributed by atoms with E-state index in [1.165, 1.54) is 13.3 Å². The van der Waals surface area contributed by atoms with Crippen LogP contribution < -0.4 is 15.9 Å². The lowest BCUT2D eigenvalue weighted by molar-refractivity contribution is -0.132. The third-order valence-electron chi connectivity index (χ3n) is 5.28. The van der Waals surface area contributed by atoms with Crippen LogP contribution in [-0.2, 0) is 9.53 Å². The van der Waals surface area contributed by atoms with Gasteiger partial charge in [-0.05, 0) is 34.9 Å². The summed E-state index contributed by atoms with van der Waals surface area (Å²) < 4.78 is 5.24. The van der Waals surface area contributed by atoms with Gasteiger partial charge in [-0.3, -0.25) is 9.78 Å². The molecule has 0 aliphatic carbocycles. The maximum atomic E-state index is 14.0. The number of benzene rings is 3. The van der Waals surface area contributed by atoms with E-state index in [0.717, 1.165) is 15.9 Å². The van der Waals surface area contributed by atoms with Crippen LogP contribution in [0, 0.1) is 0 Å². The summed E-state index contributed by atoms with van der Waals surface area (Å²) in [4.78, 5) is 31.5. The quantitative estimate of drug-likeness (QED) is 0.199. The highest BCUT2D eigenvalue weighted by atomic mass is 31.2. The minimum Gasteiger partial charge on any atom is -0.465 e. The van der Waals surface area contributed by atoms with Gasteiger partial charge in [0, 0.05) is 18.0 Å². The molecule has 3 aromatic carbocycles. The van der Waals surface area contributed by atoms with Crippen molar-refractivity contribution in [2.75, 3.05) is 7.11 Å². The van der Waals surface area contributed by atoms with Crippen LogP contribution in [0.2, 0.25) is 0 Å². The van der Waals surface area contributed by atoms with Crippen LogP contribution in [0.4, 0.5) is 0 Å². The summed E-state index contributed by atoms with van der Waals surface area (Å²) in [5.74, 6) is -1.02. The molecule has 0 bridgehead atoms. The van der Waals surface area contributed by atoms with Crippen molar-refractivity contribution in [3.8, 4) is 0 Å². The molecule has 0 spiro atoms. The van der Waals surface area contributed by atoms with E-state index in [4.69, 9.17) is 4.74 Å². The minimum atomic E-state index is -2.89. The van der Waals surface area contributed by atoms with Gasteiger partial charge in [0.15, 0.2) is 0 Å². The van der Waals surface area contributed by atoms with Gasteiger partial charge >= 0.3 is 5.97 Å². The first-order chi connectivity index (χ1) is 15.7. The van der Waals surface area contributed by atoms with Crippen molar-refractivity contribution < 1.29 is 14.3 Å². The van der Waals surface area contributed by atoms with Gasteiger partial charge in [0.1, 0.15) is 5.29 Å². The first-order valence-corrected chi connectivity index (χ1v) is 11.9. The molecule has 4 rings (SSSR count). The van der Waals surface area contributed by atoms with E-state index in [1.54, 1.807) is 18.3 Å². The Kier molecular flexibility index (Phi) is 6.44. The fourth-order valence-electron chi connectivity index (χ4n) is 3.90. The van der Waals surface area contributed by atoms with Crippen LogP contribution in [0.25, 0.3) is 0 Å². The van der Waals surface area contributed by atoms with E-state index in [9.17, 15) is 9.59 Å². The maximum absolute atomic E-state index is 14.0. The fraction of sp³-hybridized carbons (Fsp3) is 0.0370. The monoisotopic (exact) mass is 439 g/mol. The summed E-state index contributed by atoms with van der Waals surface area (Å²) in [6.07, 6.45) is 3.09. The third kappa shape index (κ3) is 3.81. The van der Waals surface area contributed by atoms with E-state index >= 15 is 0 Å². The van der Waals surface area contributed by atoms with Gasteiger partial charge in [-0.1, -0.05) is 91.0 Å². The Labute approximate surface area is 187 Å². The van der Waals surface area contributed by atoms with Crippen LogP contribution in [-0.4, -0.2) is 29.1 Å². The van der Waals surface area contributed by atoms with Crippen molar-refractivity contribution in [1.82, 2.24) is 4.98 Å². The highest BCUT2D eigenvalue weighted by Gasteiger charge is 2.37. The fourth-order valence-corrected chi connectivity index (χ4v) is 8.23. The standard InChI is InChI=1S/C27H22NO3P/c1-31-27(30)26(25(29)21-12-11-19-28-20-21)32(22-13-5-2-6-14-22,23-15-7-3-8-16-23)24-17-9-4-10-18-24/h2-20H,1H3. The SMILES string of the molecule is COC(=O)C(C(=O)c1cccnc1)=P(c1ccccc1)(c1ccccc1)c1ccccc1. The van der Waals surface area contributed by atoms with Crippen molar-refractivity contribution in [1.29, 1.82) is 0 Å². The summed E-state index contributed by atoms with van der Waals surface area (Å²) in [6.45, 7) is -2.89. The third-order valence-corrected chi connectivity index (χ3v) is 9.56. The van der Waals surface area contributed by atoms with Gasteiger partial charge in [-0.25, -0.2) is 4.79 Å². The average Bonchev–Trinajstić information content (AvgIpc) is 2.88. The second-order valence-electron chi connectivity index (χ2n) is 7.09. The zero-order chi connectivity index (χ0) is 22.4. The van der Waals surface area contributed by atoms with Crippen LogP contribution in [0.15, 0.2) is 116 Å². The summed E-state index contributed by atoms with van der Waals surface area (Å²) in [7, 11) is 1.31. The van der Waals surface area contributed by atoms with E-state index in [0.29, 0.717) is 5.56 Å². The molecule has 0 atom stereocenters. The molecule has 0 fully saturated rings. The molecule has 0 aliphatic heterocycles. The van der Waals surface area contributed by atoms with Crippen LogP contribution in [0.5, 0.6) is 0 Å². The molecular formula is C27H22NO3P. The molecule has 0 N–H and O–H groups in total. The topological polar surface area (TPSA) is 56.3 Å². The summed E-state index contributed by atoms with van der Waals surface area (Å²) in [5.41, 5.74) is 0.347. The molecule has 0 amide bonds. The lowest BCUT2D eigenvalue weighted by Gasteiger charge is -2.31. The lowest BCUT2D eigenvalue weighted by atomic mass is 10.1. The number of hydrogen-bond acceptors (Lipinski definition) is 4. The molecule has 0 aliphatic rings. The van der Waals surface area contributed by atoms with Crippen molar-refractivity contribution >= 4 is 39.8 Å². The Morgan fingerprint density at radius 3 is 1.53 bits per heavy atom. The van der Waals surface area contributed by atoms with Crippen LogP contribution in [0.1, 0.15) is 10.4 Å². The van der Waals surface area contributed by atoms with Gasteiger partial charge in [0.25, 0.3) is 0 Å². The molecule has 4 aromatic rings. The Morgan fingerprint density at radius 2 is 1.16 bits per heavy atom. The van der Waals surface area contributed by atoms with Gasteiger partial charge in [0.05, 0.1) is 7.11 Å². The van der Waals surface area contributed by atoms with Crippen molar-refractivity contribution in [3.05, 3.63) is 121 Å². The minimum absolute atomic E-state index is 0.122. The van der Waals surface area contributed by atoms with Gasteiger partial charge in [-0.15, -0.1) is 0 Å². The number of methoxy groups -OCH3 is 1. The first-order valence-electron chi connectivity index (χ1n) is 10.2. The number of carbonyl (C=O) groups excluding carboxylic acids is 2. The number of pyridine rings is 1. The zero-order valence-corrected chi connectivity index (χ0v) is 18.5. The number of nitrogens with zero attached hydrogens (tertiary/aromatic N) is 1. The molecular weight excluding hydrogens is 417 g/mol. The molecule has 158 valence electrons. The normalized spacial score (nSPS) is 10.9. The lowest BCUT2D eigenvalue weighted by Crippen LogP contribution is -2.38. The molecule has 32 heavy (non-hydrogen) atoms. The second-order valence-corrected chi connectivity index (χ2v) is 10.4. The second kappa shape index (κ2) is 9.59. The molecule has 1 heterocycles. The molecule has 4 nitrogen and oxygen atoms in total. The molecule has 0 saturated carbocycles. The highest BCUT2D eigenvalue weighted by Crippen LogP contribution is 2.47. The number of ether oxygens (including phenoxy) is 1. The number of Topliss-reactive ketones (excluding diaryl/α,β-unsaturated/α-hetero) is 1. The van der Waals surface area contributed by atoms with E-state index in [1.807, 2.05) is 91.0 Å². The summed E-state index contributed by atoms with van der Waals surface area (Å²) in [5, 5.41) is 2.82. The Hall–Kier alpha value is -3.75. The predicted molar refractivity (Wildman–Crippen MR) is 131 cm³/mol. The Morgan fingerprint density at radius 1 is 0.688 bits per heavy atom. The van der Waals surface area contributed by atoms with Gasteiger partial charge in [0.2, 0.25) is 5.78 Å². The van der Waals surface area contributed by atoms with E-state index < -0.39 is 12.9 Å².